The number of nitrogens with zero attached hydrogens (tertiary/aromatic N) is 1. The topological polar surface area (TPSA) is 22.0 Å². The molecule has 0 spiro atoms. The second-order valence-corrected chi connectivity index (χ2v) is 4.53. The normalized spacial score (nSPS) is 10.9. The average molecular weight is 266 g/mol. The van der Waals surface area contributed by atoms with E-state index in [-0.39, 0.29) is 5.56 Å². The maximum atomic E-state index is 11.9. The molecule has 0 aliphatic heterocycles. The van der Waals surface area contributed by atoms with E-state index < -0.39 is 0 Å². The summed E-state index contributed by atoms with van der Waals surface area (Å²) in [7, 11) is 1.79. The number of hydrogen-bond donors (Lipinski definition) is 0. The Morgan fingerprint density at radius 3 is 2.73 bits per heavy atom. The zero-order chi connectivity index (χ0) is 11.0. The van der Waals surface area contributed by atoms with Gasteiger partial charge in [-0.25, -0.2) is 0 Å². The maximum absolute atomic E-state index is 11.9. The number of aryl methyl sites for hydroxylation is 2. The van der Waals surface area contributed by atoms with Crippen LogP contribution in [0.15, 0.2) is 33.7 Å². The zero-order valence-corrected chi connectivity index (χ0v) is 10.3. The lowest BCUT2D eigenvalue weighted by Gasteiger charge is -2.07. The molecule has 2 nitrogen and oxygen atoms in total. The van der Waals surface area contributed by atoms with Crippen LogP contribution in [-0.4, -0.2) is 4.57 Å². The summed E-state index contributed by atoms with van der Waals surface area (Å²) in [5.74, 6) is 0. The number of benzene rings is 1. The number of hydrogen-bond acceptors (Lipinski definition) is 1. The average Bonchev–Trinajstić information content (AvgIpc) is 2.23. The van der Waals surface area contributed by atoms with Crippen LogP contribution in [0.5, 0.6) is 0 Å². The summed E-state index contributed by atoms with van der Waals surface area (Å²) in [5, 5.41) is 1.84. The van der Waals surface area contributed by atoms with Gasteiger partial charge in [0.2, 0.25) is 0 Å². The summed E-state index contributed by atoms with van der Waals surface area (Å²) in [6, 6.07) is 5.86. The van der Waals surface area contributed by atoms with Gasteiger partial charge in [-0.2, -0.15) is 0 Å². The van der Waals surface area contributed by atoms with Crippen LogP contribution in [0.2, 0.25) is 0 Å². The molecule has 0 radical (unpaired) electrons. The smallest absolute Gasteiger partial charge is 0.258 e. The molecule has 0 aliphatic rings. The lowest BCUT2D eigenvalue weighted by molar-refractivity contribution is 0.857. The van der Waals surface area contributed by atoms with Gasteiger partial charge in [-0.15, -0.1) is 0 Å². The van der Waals surface area contributed by atoms with Crippen molar-refractivity contribution in [2.45, 2.75) is 13.3 Å². The van der Waals surface area contributed by atoms with Gasteiger partial charge in [-0.3, -0.25) is 4.79 Å². The molecule has 1 aromatic heterocycles. The third kappa shape index (κ3) is 1.72. The van der Waals surface area contributed by atoms with Crippen LogP contribution in [-0.2, 0) is 13.5 Å². The minimum absolute atomic E-state index is 0.0588. The quantitative estimate of drug-likeness (QED) is 0.777. The fourth-order valence-corrected chi connectivity index (χ4v) is 2.17. The molecule has 15 heavy (non-hydrogen) atoms. The highest BCUT2D eigenvalue weighted by atomic mass is 79.9. The standard InChI is InChI=1S/C12H12BrNO/c1-3-8-7-14(2)12(15)11-6-9(13)4-5-10(8)11/h4-7H,3H2,1-2H3. The highest BCUT2D eigenvalue weighted by Gasteiger charge is 2.05. The van der Waals surface area contributed by atoms with Crippen molar-refractivity contribution >= 4 is 26.7 Å². The molecule has 1 aromatic carbocycles. The van der Waals surface area contributed by atoms with Crippen molar-refractivity contribution in [3.05, 3.63) is 44.8 Å². The van der Waals surface area contributed by atoms with E-state index in [1.165, 1.54) is 5.56 Å². The van der Waals surface area contributed by atoms with E-state index >= 15 is 0 Å². The zero-order valence-electron chi connectivity index (χ0n) is 8.75. The molecule has 2 aromatic rings. The van der Waals surface area contributed by atoms with Crippen molar-refractivity contribution in [1.82, 2.24) is 4.57 Å². The van der Waals surface area contributed by atoms with Crippen LogP contribution in [0.3, 0.4) is 0 Å². The number of fused-ring (bicyclic) bond motifs is 1. The highest BCUT2D eigenvalue weighted by molar-refractivity contribution is 9.10. The lowest BCUT2D eigenvalue weighted by atomic mass is 10.1. The largest absolute Gasteiger partial charge is 0.318 e. The van der Waals surface area contributed by atoms with Gasteiger partial charge in [-0.1, -0.05) is 28.9 Å². The Kier molecular flexibility index (Phi) is 2.65. The molecule has 0 N–H and O–H groups in total. The second-order valence-electron chi connectivity index (χ2n) is 3.61. The summed E-state index contributed by atoms with van der Waals surface area (Å²) in [5.41, 5.74) is 1.27. The van der Waals surface area contributed by atoms with E-state index in [9.17, 15) is 4.79 Å². The summed E-state index contributed by atoms with van der Waals surface area (Å²) in [6.45, 7) is 2.10. The van der Waals surface area contributed by atoms with Crippen molar-refractivity contribution in [1.29, 1.82) is 0 Å². The van der Waals surface area contributed by atoms with Gasteiger partial charge in [0.15, 0.2) is 0 Å². The lowest BCUT2D eigenvalue weighted by Crippen LogP contribution is -2.17. The van der Waals surface area contributed by atoms with E-state index in [2.05, 4.69) is 22.9 Å². The van der Waals surface area contributed by atoms with Crippen molar-refractivity contribution in [2.24, 2.45) is 7.05 Å². The molecule has 0 atom stereocenters. The molecule has 0 saturated carbocycles. The molecule has 0 fully saturated rings. The molecule has 1 heterocycles. The SMILES string of the molecule is CCc1cn(C)c(=O)c2cc(Br)ccc12. The monoisotopic (exact) mass is 265 g/mol. The van der Waals surface area contributed by atoms with Crippen LogP contribution >= 0.6 is 15.9 Å². The third-order valence-electron chi connectivity index (χ3n) is 2.61. The Hall–Kier alpha value is -1.09. The van der Waals surface area contributed by atoms with E-state index in [1.807, 2.05) is 24.4 Å². The number of pyridine rings is 1. The fraction of sp³-hybridized carbons (Fsp3) is 0.250. The van der Waals surface area contributed by atoms with E-state index in [0.29, 0.717) is 0 Å². The number of halogens is 1. The van der Waals surface area contributed by atoms with Gasteiger partial charge in [0.05, 0.1) is 0 Å². The van der Waals surface area contributed by atoms with Crippen molar-refractivity contribution in [3.63, 3.8) is 0 Å². The van der Waals surface area contributed by atoms with E-state index in [0.717, 1.165) is 21.7 Å². The molecule has 78 valence electrons. The molecule has 0 bridgehead atoms. The fourth-order valence-electron chi connectivity index (χ4n) is 1.81. The van der Waals surface area contributed by atoms with Gasteiger partial charge in [0.25, 0.3) is 5.56 Å². The van der Waals surface area contributed by atoms with Crippen LogP contribution < -0.4 is 5.56 Å². The van der Waals surface area contributed by atoms with Gasteiger partial charge >= 0.3 is 0 Å². The first-order valence-electron chi connectivity index (χ1n) is 4.91. The summed E-state index contributed by atoms with van der Waals surface area (Å²) >= 11 is 3.39. The Labute approximate surface area is 96.7 Å². The molecule has 0 amide bonds. The molecule has 0 saturated heterocycles. The molecule has 3 heteroatoms. The van der Waals surface area contributed by atoms with Crippen LogP contribution in [0.4, 0.5) is 0 Å². The number of aromatic nitrogens is 1. The van der Waals surface area contributed by atoms with Crippen LogP contribution in [0.25, 0.3) is 10.8 Å². The van der Waals surface area contributed by atoms with Crippen molar-refractivity contribution < 1.29 is 0 Å². The molecule has 0 aliphatic carbocycles. The Morgan fingerprint density at radius 1 is 1.33 bits per heavy atom. The third-order valence-corrected chi connectivity index (χ3v) is 3.10. The highest BCUT2D eigenvalue weighted by Crippen LogP contribution is 2.20. The maximum Gasteiger partial charge on any atom is 0.258 e. The minimum atomic E-state index is 0.0588. The first-order chi connectivity index (χ1) is 7.13. The Balaban J connectivity index is 2.96. The predicted octanol–water partition coefficient (Wildman–Crippen LogP) is 2.86. The number of rotatable bonds is 1. The van der Waals surface area contributed by atoms with Gasteiger partial charge < -0.3 is 4.57 Å². The molecule has 2 rings (SSSR count). The Bertz CT molecular complexity index is 572. The molecule has 0 unspecified atom stereocenters. The first kappa shape index (κ1) is 10.4. The minimum Gasteiger partial charge on any atom is -0.318 e. The first-order valence-corrected chi connectivity index (χ1v) is 5.70. The van der Waals surface area contributed by atoms with E-state index in [4.69, 9.17) is 0 Å². The molecular formula is C12H12BrNO. The Morgan fingerprint density at radius 2 is 2.07 bits per heavy atom. The molecular weight excluding hydrogens is 254 g/mol. The van der Waals surface area contributed by atoms with Gasteiger partial charge in [-0.05, 0) is 29.5 Å². The van der Waals surface area contributed by atoms with Gasteiger partial charge in [0.1, 0.15) is 0 Å². The van der Waals surface area contributed by atoms with Crippen LogP contribution in [0.1, 0.15) is 12.5 Å². The predicted molar refractivity (Wildman–Crippen MR) is 66.3 cm³/mol. The van der Waals surface area contributed by atoms with Crippen molar-refractivity contribution in [3.8, 4) is 0 Å². The summed E-state index contributed by atoms with van der Waals surface area (Å²) in [6.07, 6.45) is 2.85. The van der Waals surface area contributed by atoms with Gasteiger partial charge in [0, 0.05) is 23.1 Å². The van der Waals surface area contributed by atoms with Crippen molar-refractivity contribution in [2.75, 3.05) is 0 Å². The second kappa shape index (κ2) is 3.81. The van der Waals surface area contributed by atoms with Crippen LogP contribution in [0, 0.1) is 0 Å². The summed E-state index contributed by atoms with van der Waals surface area (Å²) in [4.78, 5) is 11.9. The van der Waals surface area contributed by atoms with E-state index in [1.54, 1.807) is 11.6 Å². The summed E-state index contributed by atoms with van der Waals surface area (Å²) < 4.78 is 2.59.